The predicted molar refractivity (Wildman–Crippen MR) is 122 cm³/mol. The zero-order chi connectivity index (χ0) is 21.9. The third-order valence-corrected chi connectivity index (χ3v) is 6.89. The molecule has 2 amide bonds. The number of benzene rings is 1. The number of carbonyl (C=O) groups excluding carboxylic acids is 2. The van der Waals surface area contributed by atoms with E-state index in [1.807, 2.05) is 29.2 Å². The monoisotopic (exact) mass is 434 g/mol. The maximum Gasteiger partial charge on any atom is 0.251 e. The summed E-state index contributed by atoms with van der Waals surface area (Å²) in [6.07, 6.45) is 6.97. The largest absolute Gasteiger partial charge is 0.368 e. The first kappa shape index (κ1) is 21.1. The van der Waals surface area contributed by atoms with Crippen LogP contribution in [0.1, 0.15) is 37.2 Å². The van der Waals surface area contributed by atoms with Crippen molar-refractivity contribution in [3.05, 3.63) is 54.4 Å². The Kier molecular flexibility index (Phi) is 6.19. The van der Waals surface area contributed by atoms with Gasteiger partial charge in [0, 0.05) is 44.7 Å². The zero-order valence-corrected chi connectivity index (χ0v) is 18.3. The third-order valence-electron chi connectivity index (χ3n) is 6.89. The van der Waals surface area contributed by atoms with E-state index in [1.54, 1.807) is 17.3 Å². The molecule has 4 heterocycles. The van der Waals surface area contributed by atoms with Gasteiger partial charge in [-0.15, -0.1) is 0 Å². The molecule has 3 aliphatic heterocycles. The number of nitrogens with zero attached hydrogens (tertiary/aromatic N) is 3. The highest BCUT2D eigenvalue weighted by Gasteiger charge is 2.33. The van der Waals surface area contributed by atoms with Crippen molar-refractivity contribution in [2.45, 2.75) is 37.7 Å². The van der Waals surface area contributed by atoms with Crippen LogP contribution in [-0.4, -0.2) is 60.6 Å². The number of anilines is 2. The maximum absolute atomic E-state index is 13.1. The number of aromatic nitrogens is 1. The first-order chi connectivity index (χ1) is 15.7. The highest BCUT2D eigenvalue weighted by molar-refractivity contribution is 6.02. The number of pyridine rings is 1. The van der Waals surface area contributed by atoms with Crippen molar-refractivity contribution in [3.8, 4) is 0 Å². The number of rotatable bonds is 5. The second kappa shape index (κ2) is 9.38. The fraction of sp³-hybridized carbons (Fsp3) is 0.480. The van der Waals surface area contributed by atoms with Crippen molar-refractivity contribution in [2.24, 2.45) is 5.92 Å². The van der Waals surface area contributed by atoms with Gasteiger partial charge >= 0.3 is 0 Å². The van der Waals surface area contributed by atoms with E-state index < -0.39 is 0 Å². The molecule has 0 saturated carbocycles. The van der Waals surface area contributed by atoms with Crippen LogP contribution in [0.3, 0.4) is 0 Å². The molecule has 0 radical (unpaired) electrons. The van der Waals surface area contributed by atoms with E-state index in [-0.39, 0.29) is 23.8 Å². The quantitative estimate of drug-likeness (QED) is 0.783. The van der Waals surface area contributed by atoms with Gasteiger partial charge in [0.1, 0.15) is 6.10 Å². The predicted octanol–water partition coefficient (Wildman–Crippen LogP) is 2.85. The molecule has 1 atom stereocenters. The summed E-state index contributed by atoms with van der Waals surface area (Å²) in [5, 5.41) is 3.18. The molecule has 2 aromatic rings. The van der Waals surface area contributed by atoms with Crippen LogP contribution in [0, 0.1) is 5.92 Å². The number of likely N-dealkylation sites (tertiary alicyclic amines) is 1. The third kappa shape index (κ3) is 4.27. The van der Waals surface area contributed by atoms with Crippen molar-refractivity contribution >= 4 is 23.2 Å². The average molecular weight is 435 g/mol. The first-order valence-electron chi connectivity index (χ1n) is 11.7. The van der Waals surface area contributed by atoms with Crippen LogP contribution in [0.25, 0.3) is 0 Å². The van der Waals surface area contributed by atoms with Crippen molar-refractivity contribution in [1.29, 1.82) is 0 Å². The van der Waals surface area contributed by atoms with E-state index in [4.69, 9.17) is 4.74 Å². The summed E-state index contributed by atoms with van der Waals surface area (Å²) in [6.45, 7) is 3.70. The normalized spacial score (nSPS) is 21.9. The van der Waals surface area contributed by atoms with Gasteiger partial charge in [-0.2, -0.15) is 0 Å². The molecule has 7 heteroatoms. The lowest BCUT2D eigenvalue weighted by Crippen LogP contribution is -2.51. The molecule has 0 unspecified atom stereocenters. The molecule has 1 aromatic carbocycles. The van der Waals surface area contributed by atoms with E-state index >= 15 is 0 Å². The number of ether oxygens (including phenoxy) is 1. The molecule has 3 aliphatic rings. The molecule has 1 aromatic heterocycles. The fourth-order valence-corrected chi connectivity index (χ4v) is 4.84. The molecule has 0 aliphatic carbocycles. The van der Waals surface area contributed by atoms with Gasteiger partial charge in [0.2, 0.25) is 5.91 Å². The number of nitrogens with one attached hydrogen (secondary N) is 1. The Morgan fingerprint density at radius 1 is 1.03 bits per heavy atom. The minimum absolute atomic E-state index is 0.000550. The van der Waals surface area contributed by atoms with E-state index in [1.165, 1.54) is 5.56 Å². The van der Waals surface area contributed by atoms with Gasteiger partial charge in [0.05, 0.1) is 17.8 Å². The average Bonchev–Trinajstić information content (AvgIpc) is 3.34. The molecule has 7 nitrogen and oxygen atoms in total. The Hall–Kier alpha value is -2.77. The minimum atomic E-state index is -0.229. The van der Waals surface area contributed by atoms with Gasteiger partial charge in [-0.1, -0.05) is 12.1 Å². The van der Waals surface area contributed by atoms with Gasteiger partial charge in [-0.25, -0.2) is 0 Å². The second-order valence-electron chi connectivity index (χ2n) is 8.93. The Morgan fingerprint density at radius 3 is 2.41 bits per heavy atom. The van der Waals surface area contributed by atoms with E-state index in [0.29, 0.717) is 12.5 Å². The van der Waals surface area contributed by atoms with Crippen molar-refractivity contribution in [3.63, 3.8) is 0 Å². The molecule has 32 heavy (non-hydrogen) atoms. The molecule has 3 fully saturated rings. The Labute approximate surface area is 188 Å². The SMILES string of the molecule is O=C([C@@H]1CCCO1)N1CCC(c2ccc(N(C(=O)C3CNC3)c3cccnc3)cc2)CC1. The number of hydrogen-bond acceptors (Lipinski definition) is 5. The molecule has 1 N–H and O–H groups in total. The van der Waals surface area contributed by atoms with Crippen LogP contribution in [0.5, 0.6) is 0 Å². The van der Waals surface area contributed by atoms with Gasteiger partial charge in [-0.3, -0.25) is 19.5 Å². The van der Waals surface area contributed by atoms with E-state index in [2.05, 4.69) is 22.4 Å². The van der Waals surface area contributed by atoms with Crippen LogP contribution in [-0.2, 0) is 14.3 Å². The lowest BCUT2D eigenvalue weighted by atomic mass is 9.89. The van der Waals surface area contributed by atoms with Crippen LogP contribution < -0.4 is 10.2 Å². The maximum atomic E-state index is 13.1. The van der Waals surface area contributed by atoms with Gasteiger partial charge in [0.15, 0.2) is 0 Å². The number of carbonyl (C=O) groups is 2. The molecular formula is C25H30N4O3. The summed E-state index contributed by atoms with van der Waals surface area (Å²) in [7, 11) is 0. The molecule has 5 rings (SSSR count). The first-order valence-corrected chi connectivity index (χ1v) is 11.7. The van der Waals surface area contributed by atoms with E-state index in [9.17, 15) is 9.59 Å². The van der Waals surface area contributed by atoms with Crippen LogP contribution in [0.4, 0.5) is 11.4 Å². The highest BCUT2D eigenvalue weighted by atomic mass is 16.5. The zero-order valence-electron chi connectivity index (χ0n) is 18.3. The number of amides is 2. The summed E-state index contributed by atoms with van der Waals surface area (Å²) in [6, 6.07) is 12.1. The molecule has 168 valence electrons. The Balaban J connectivity index is 1.27. The molecule has 0 bridgehead atoms. The number of hydrogen-bond donors (Lipinski definition) is 1. The molecule has 3 saturated heterocycles. The topological polar surface area (TPSA) is 74.8 Å². The van der Waals surface area contributed by atoms with Gasteiger partial charge in [-0.05, 0) is 61.4 Å². The summed E-state index contributed by atoms with van der Waals surface area (Å²) in [4.78, 5) is 33.7. The standard InChI is InChI=1S/C25H30N4O3/c30-24(20-15-27-16-20)29(22-3-1-11-26-17-22)21-7-5-18(6-8-21)19-9-12-28(13-10-19)25(31)23-4-2-14-32-23/h1,3,5-8,11,17,19-20,23,27H,2,4,9-10,12-16H2/t23-/m0/s1. The van der Waals surface area contributed by atoms with Crippen molar-refractivity contribution in [2.75, 3.05) is 37.7 Å². The lowest BCUT2D eigenvalue weighted by Gasteiger charge is -2.34. The summed E-state index contributed by atoms with van der Waals surface area (Å²) < 4.78 is 5.57. The van der Waals surface area contributed by atoms with Crippen molar-refractivity contribution < 1.29 is 14.3 Å². The summed E-state index contributed by atoms with van der Waals surface area (Å²) in [5.74, 6) is 0.689. The van der Waals surface area contributed by atoms with Crippen molar-refractivity contribution in [1.82, 2.24) is 15.2 Å². The highest BCUT2D eigenvalue weighted by Crippen LogP contribution is 2.33. The number of piperidine rings is 1. The Morgan fingerprint density at radius 2 is 1.81 bits per heavy atom. The fourth-order valence-electron chi connectivity index (χ4n) is 4.84. The summed E-state index contributed by atoms with van der Waals surface area (Å²) >= 11 is 0. The lowest BCUT2D eigenvalue weighted by molar-refractivity contribution is -0.142. The molecular weight excluding hydrogens is 404 g/mol. The minimum Gasteiger partial charge on any atom is -0.368 e. The second-order valence-corrected chi connectivity index (χ2v) is 8.93. The molecule has 0 spiro atoms. The van der Waals surface area contributed by atoms with Gasteiger partial charge < -0.3 is 15.0 Å². The van der Waals surface area contributed by atoms with Gasteiger partial charge in [0.25, 0.3) is 5.91 Å². The Bertz CT molecular complexity index is 931. The van der Waals surface area contributed by atoms with Crippen LogP contribution >= 0.6 is 0 Å². The summed E-state index contributed by atoms with van der Waals surface area (Å²) in [5.41, 5.74) is 2.92. The van der Waals surface area contributed by atoms with Crippen LogP contribution in [0.15, 0.2) is 48.8 Å². The van der Waals surface area contributed by atoms with E-state index in [0.717, 1.165) is 63.2 Å². The van der Waals surface area contributed by atoms with Crippen LogP contribution in [0.2, 0.25) is 0 Å². The smallest absolute Gasteiger partial charge is 0.251 e.